The van der Waals surface area contributed by atoms with Gasteiger partial charge >= 0.3 is 5.97 Å². The van der Waals surface area contributed by atoms with Crippen molar-refractivity contribution in [2.75, 3.05) is 7.11 Å². The molecule has 0 aliphatic heterocycles. The Bertz CT molecular complexity index is 408. The summed E-state index contributed by atoms with van der Waals surface area (Å²) in [6.07, 6.45) is 5.06. The maximum absolute atomic E-state index is 12.1. The number of aromatic hydroxyl groups is 1. The molecule has 0 spiro atoms. The molecule has 4 heteroatoms. The van der Waals surface area contributed by atoms with Gasteiger partial charge in [-0.2, -0.15) is 0 Å². The molecule has 1 saturated carbocycles. The Labute approximate surface area is 112 Å². The number of benzene rings is 1. The van der Waals surface area contributed by atoms with Gasteiger partial charge in [-0.3, -0.25) is 4.79 Å². The van der Waals surface area contributed by atoms with Crippen molar-refractivity contribution in [1.82, 2.24) is 0 Å². The molecule has 0 unspecified atom stereocenters. The molecule has 0 saturated heterocycles. The Morgan fingerprint density at radius 3 is 2.39 bits per heavy atom. The zero-order chi connectivity index (χ0) is 13.0. The number of hydrogen-bond donors (Lipinski definition) is 1. The smallest absolute Gasteiger partial charge is 0.322 e. The van der Waals surface area contributed by atoms with Gasteiger partial charge in [0.25, 0.3) is 0 Å². The summed E-state index contributed by atoms with van der Waals surface area (Å²) in [6, 6.07) is 6.99. The highest BCUT2D eigenvalue weighted by atomic mass is 32.2. The first-order valence-corrected chi connectivity index (χ1v) is 7.04. The van der Waals surface area contributed by atoms with Crippen LogP contribution in [0.4, 0.5) is 0 Å². The SMILES string of the molecule is COC(=O)C1(Sc2ccc(O)cc2)CCCCC1. The highest BCUT2D eigenvalue weighted by Gasteiger charge is 2.41. The highest BCUT2D eigenvalue weighted by molar-refractivity contribution is 8.01. The summed E-state index contributed by atoms with van der Waals surface area (Å²) in [5.41, 5.74) is 0. The second-order valence-electron chi connectivity index (χ2n) is 4.64. The largest absolute Gasteiger partial charge is 0.508 e. The van der Waals surface area contributed by atoms with Crippen LogP contribution in [0.15, 0.2) is 29.2 Å². The number of esters is 1. The van der Waals surface area contributed by atoms with Gasteiger partial charge in [-0.25, -0.2) is 0 Å². The fourth-order valence-corrected chi connectivity index (χ4v) is 3.78. The van der Waals surface area contributed by atoms with Gasteiger partial charge < -0.3 is 9.84 Å². The van der Waals surface area contributed by atoms with Crippen molar-refractivity contribution in [2.45, 2.75) is 41.7 Å². The monoisotopic (exact) mass is 266 g/mol. The molecule has 0 bridgehead atoms. The molecule has 18 heavy (non-hydrogen) atoms. The lowest BCUT2D eigenvalue weighted by molar-refractivity contribution is -0.144. The molecular formula is C14H18O3S. The predicted molar refractivity (Wildman–Crippen MR) is 71.8 cm³/mol. The molecule has 1 aromatic carbocycles. The molecule has 1 aliphatic rings. The van der Waals surface area contributed by atoms with E-state index in [0.29, 0.717) is 0 Å². The average Bonchev–Trinajstić information content (AvgIpc) is 2.41. The van der Waals surface area contributed by atoms with Crippen LogP contribution >= 0.6 is 11.8 Å². The number of carbonyl (C=O) groups excluding carboxylic acids is 1. The number of hydrogen-bond acceptors (Lipinski definition) is 4. The molecule has 1 aliphatic carbocycles. The van der Waals surface area contributed by atoms with Crippen molar-refractivity contribution >= 4 is 17.7 Å². The van der Waals surface area contributed by atoms with Crippen LogP contribution in [0.2, 0.25) is 0 Å². The number of phenolic OH excluding ortho intramolecular Hbond substituents is 1. The first-order valence-electron chi connectivity index (χ1n) is 6.23. The van der Waals surface area contributed by atoms with Crippen LogP contribution in [0.25, 0.3) is 0 Å². The molecule has 98 valence electrons. The predicted octanol–water partition coefficient (Wildman–Crippen LogP) is 3.36. The zero-order valence-electron chi connectivity index (χ0n) is 10.5. The van der Waals surface area contributed by atoms with E-state index in [9.17, 15) is 9.90 Å². The third-order valence-corrected chi connectivity index (χ3v) is 4.84. The summed E-state index contributed by atoms with van der Waals surface area (Å²) >= 11 is 1.57. The number of phenols is 1. The molecule has 0 heterocycles. The van der Waals surface area contributed by atoms with Crippen LogP contribution in [0.5, 0.6) is 5.75 Å². The van der Waals surface area contributed by atoms with Gasteiger partial charge in [0.05, 0.1) is 7.11 Å². The minimum absolute atomic E-state index is 0.125. The van der Waals surface area contributed by atoms with Crippen LogP contribution in [0.3, 0.4) is 0 Å². The molecule has 1 aromatic rings. The summed E-state index contributed by atoms with van der Waals surface area (Å²) in [7, 11) is 1.45. The Morgan fingerprint density at radius 2 is 1.83 bits per heavy atom. The van der Waals surface area contributed by atoms with E-state index in [1.165, 1.54) is 13.5 Å². The number of carbonyl (C=O) groups is 1. The molecule has 0 amide bonds. The highest BCUT2D eigenvalue weighted by Crippen LogP contribution is 2.44. The van der Waals surface area contributed by atoms with Gasteiger partial charge in [0.2, 0.25) is 0 Å². The van der Waals surface area contributed by atoms with E-state index >= 15 is 0 Å². The maximum Gasteiger partial charge on any atom is 0.322 e. The summed E-state index contributed by atoms with van der Waals surface area (Å²) in [5, 5.41) is 9.28. The van der Waals surface area contributed by atoms with Crippen molar-refractivity contribution < 1.29 is 14.6 Å². The van der Waals surface area contributed by atoms with E-state index < -0.39 is 4.75 Å². The fourth-order valence-electron chi connectivity index (χ4n) is 2.40. The van der Waals surface area contributed by atoms with Crippen molar-refractivity contribution in [3.05, 3.63) is 24.3 Å². The molecule has 0 aromatic heterocycles. The number of rotatable bonds is 3. The fraction of sp³-hybridized carbons (Fsp3) is 0.500. The second-order valence-corrected chi connectivity index (χ2v) is 6.10. The number of ether oxygens (including phenoxy) is 1. The number of thioether (sulfide) groups is 1. The van der Waals surface area contributed by atoms with Crippen molar-refractivity contribution in [1.29, 1.82) is 0 Å². The minimum atomic E-state index is -0.441. The van der Waals surface area contributed by atoms with E-state index in [1.54, 1.807) is 23.9 Å². The van der Waals surface area contributed by atoms with E-state index in [4.69, 9.17) is 4.74 Å². The first-order chi connectivity index (χ1) is 8.66. The molecule has 3 nitrogen and oxygen atoms in total. The van der Waals surface area contributed by atoms with Crippen LogP contribution < -0.4 is 0 Å². The molecule has 1 fully saturated rings. The van der Waals surface area contributed by atoms with Gasteiger partial charge in [-0.1, -0.05) is 19.3 Å². The lowest BCUT2D eigenvalue weighted by Gasteiger charge is -2.33. The van der Waals surface area contributed by atoms with Crippen LogP contribution in [0.1, 0.15) is 32.1 Å². The average molecular weight is 266 g/mol. The van der Waals surface area contributed by atoms with Gasteiger partial charge in [0.15, 0.2) is 0 Å². The molecule has 2 rings (SSSR count). The molecular weight excluding hydrogens is 248 g/mol. The normalized spacial score (nSPS) is 18.3. The molecule has 0 atom stereocenters. The summed E-state index contributed by atoms with van der Waals surface area (Å²) in [5.74, 6) is 0.121. The van der Waals surface area contributed by atoms with Crippen LogP contribution in [-0.2, 0) is 9.53 Å². The van der Waals surface area contributed by atoms with E-state index in [-0.39, 0.29) is 11.7 Å². The van der Waals surface area contributed by atoms with E-state index in [0.717, 1.165) is 30.6 Å². The lowest BCUT2D eigenvalue weighted by atomic mass is 9.88. The Kier molecular flexibility index (Phi) is 4.17. The van der Waals surface area contributed by atoms with Crippen LogP contribution in [-0.4, -0.2) is 22.9 Å². The minimum Gasteiger partial charge on any atom is -0.508 e. The van der Waals surface area contributed by atoms with E-state index in [1.807, 2.05) is 12.1 Å². The summed E-state index contributed by atoms with van der Waals surface area (Å²) < 4.78 is 4.54. The van der Waals surface area contributed by atoms with Gasteiger partial charge in [0, 0.05) is 4.90 Å². The van der Waals surface area contributed by atoms with Crippen molar-refractivity contribution in [3.8, 4) is 5.75 Å². The summed E-state index contributed by atoms with van der Waals surface area (Å²) in [6.45, 7) is 0. The number of methoxy groups -OCH3 is 1. The van der Waals surface area contributed by atoms with Gasteiger partial charge in [0.1, 0.15) is 10.5 Å². The van der Waals surface area contributed by atoms with Gasteiger partial charge in [-0.05, 0) is 37.1 Å². The maximum atomic E-state index is 12.1. The Morgan fingerprint density at radius 1 is 1.22 bits per heavy atom. The topological polar surface area (TPSA) is 46.5 Å². The Hall–Kier alpha value is -1.16. The van der Waals surface area contributed by atoms with Gasteiger partial charge in [-0.15, -0.1) is 11.8 Å². The first kappa shape index (κ1) is 13.3. The standard InChI is InChI=1S/C14H18O3S/c1-17-13(16)14(9-3-2-4-10-14)18-12-7-5-11(15)6-8-12/h5-8,15H,2-4,9-10H2,1H3. The molecule has 1 N–H and O–H groups in total. The quantitative estimate of drug-likeness (QED) is 0.852. The van der Waals surface area contributed by atoms with Crippen molar-refractivity contribution in [2.24, 2.45) is 0 Å². The Balaban J connectivity index is 2.19. The van der Waals surface area contributed by atoms with Crippen molar-refractivity contribution in [3.63, 3.8) is 0 Å². The zero-order valence-corrected chi connectivity index (χ0v) is 11.3. The van der Waals surface area contributed by atoms with Crippen LogP contribution in [0, 0.1) is 0 Å². The van der Waals surface area contributed by atoms with E-state index in [2.05, 4.69) is 0 Å². The lowest BCUT2D eigenvalue weighted by Crippen LogP contribution is -2.38. The third kappa shape index (κ3) is 2.80. The molecule has 0 radical (unpaired) electrons. The second kappa shape index (κ2) is 5.65. The third-order valence-electron chi connectivity index (χ3n) is 3.37. The summed E-state index contributed by atoms with van der Waals surface area (Å²) in [4.78, 5) is 13.1.